The van der Waals surface area contributed by atoms with Gasteiger partial charge < -0.3 is 0 Å². The summed E-state index contributed by atoms with van der Waals surface area (Å²) >= 11 is 0. The fraction of sp³-hybridized carbons (Fsp3) is 0.467. The lowest BCUT2D eigenvalue weighted by Crippen LogP contribution is -1.85. The maximum Gasteiger partial charge on any atom is -0.0228 e. The normalized spacial score (nSPS) is 11.7. The second-order valence-electron chi connectivity index (χ2n) is 3.99. The summed E-state index contributed by atoms with van der Waals surface area (Å²) in [4.78, 5) is 0. The van der Waals surface area contributed by atoms with E-state index in [1.165, 1.54) is 43.2 Å². The lowest BCUT2D eigenvalue weighted by molar-refractivity contribution is 0.678. The molecule has 0 aliphatic carbocycles. The molecule has 0 nitrogen and oxygen atoms in total. The molecular weight excluding hydrogens is 180 g/mol. The van der Waals surface area contributed by atoms with Crippen LogP contribution in [0.3, 0.4) is 0 Å². The Hall–Kier alpha value is -1.04. The molecular formula is C15H22. The summed E-state index contributed by atoms with van der Waals surface area (Å²) in [6.07, 6.45) is 8.84. The van der Waals surface area contributed by atoms with Gasteiger partial charge in [0.05, 0.1) is 0 Å². The van der Waals surface area contributed by atoms with Crippen LogP contribution in [-0.2, 0) is 0 Å². The van der Waals surface area contributed by atoms with Crippen molar-refractivity contribution in [3.8, 4) is 0 Å². The molecule has 0 unspecified atom stereocenters. The van der Waals surface area contributed by atoms with Gasteiger partial charge in [0, 0.05) is 0 Å². The van der Waals surface area contributed by atoms with Gasteiger partial charge >= 0.3 is 0 Å². The third-order valence-electron chi connectivity index (χ3n) is 2.79. The zero-order valence-corrected chi connectivity index (χ0v) is 10.00. The lowest BCUT2D eigenvalue weighted by atomic mass is 9.99. The van der Waals surface area contributed by atoms with Crippen LogP contribution in [0.1, 0.15) is 51.5 Å². The average molecular weight is 202 g/mol. The van der Waals surface area contributed by atoms with E-state index in [4.69, 9.17) is 0 Å². The van der Waals surface area contributed by atoms with Crippen LogP contribution in [0.2, 0.25) is 0 Å². The molecule has 82 valence electrons. The summed E-state index contributed by atoms with van der Waals surface area (Å²) in [5.41, 5.74) is 2.88. The number of unbranched alkanes of at least 4 members (excludes halogenated alkanes) is 3. The van der Waals surface area contributed by atoms with Crippen LogP contribution in [0, 0.1) is 0 Å². The van der Waals surface area contributed by atoms with Gasteiger partial charge in [-0.05, 0) is 30.9 Å². The van der Waals surface area contributed by atoms with Crippen molar-refractivity contribution in [3.63, 3.8) is 0 Å². The van der Waals surface area contributed by atoms with Crippen LogP contribution in [0.15, 0.2) is 36.4 Å². The summed E-state index contributed by atoms with van der Waals surface area (Å²) in [6.45, 7) is 4.40. The minimum atomic E-state index is 1.22. The monoisotopic (exact) mass is 202 g/mol. The number of benzene rings is 1. The van der Waals surface area contributed by atoms with Crippen LogP contribution in [0.25, 0.3) is 5.57 Å². The first-order chi connectivity index (χ1) is 7.38. The fourth-order valence-electron chi connectivity index (χ4n) is 1.85. The van der Waals surface area contributed by atoms with E-state index in [-0.39, 0.29) is 0 Å². The minimum Gasteiger partial charge on any atom is -0.0838 e. The number of hydrogen-bond donors (Lipinski definition) is 0. The third kappa shape index (κ3) is 4.33. The molecule has 0 aliphatic heterocycles. The minimum absolute atomic E-state index is 1.22. The standard InChI is InChI=1S/C15H22/c1-3-5-6-8-11-14(4-2)15-12-9-7-10-13-15/h4,7,9-10,12-13H,3,5-6,8,11H2,1-2H3. The highest BCUT2D eigenvalue weighted by atomic mass is 14.0. The Morgan fingerprint density at radius 1 is 1.07 bits per heavy atom. The molecule has 1 aromatic rings. The van der Waals surface area contributed by atoms with E-state index in [1.54, 1.807) is 0 Å². The SMILES string of the molecule is CC=C(CCCCCC)c1ccccc1. The molecule has 0 radical (unpaired) electrons. The highest BCUT2D eigenvalue weighted by Gasteiger charge is 1.99. The zero-order valence-electron chi connectivity index (χ0n) is 10.00. The molecule has 0 aliphatic rings. The molecule has 0 fully saturated rings. The Kier molecular flexibility index (Phi) is 5.84. The van der Waals surface area contributed by atoms with Crippen molar-refractivity contribution in [1.82, 2.24) is 0 Å². The van der Waals surface area contributed by atoms with Crippen LogP contribution in [0.5, 0.6) is 0 Å². The van der Waals surface area contributed by atoms with E-state index in [0.717, 1.165) is 0 Å². The van der Waals surface area contributed by atoms with Gasteiger partial charge in [-0.15, -0.1) is 0 Å². The topological polar surface area (TPSA) is 0 Å². The van der Waals surface area contributed by atoms with Gasteiger partial charge in [0.1, 0.15) is 0 Å². The van der Waals surface area contributed by atoms with Gasteiger partial charge in [0.25, 0.3) is 0 Å². The molecule has 15 heavy (non-hydrogen) atoms. The predicted molar refractivity (Wildman–Crippen MR) is 68.9 cm³/mol. The van der Waals surface area contributed by atoms with E-state index in [1.807, 2.05) is 0 Å². The second-order valence-corrected chi connectivity index (χ2v) is 3.99. The van der Waals surface area contributed by atoms with Gasteiger partial charge in [-0.3, -0.25) is 0 Å². The number of allylic oxidation sites excluding steroid dienone is 2. The molecule has 0 bridgehead atoms. The van der Waals surface area contributed by atoms with E-state index < -0.39 is 0 Å². The van der Waals surface area contributed by atoms with Gasteiger partial charge in [-0.25, -0.2) is 0 Å². The average Bonchev–Trinajstić information content (AvgIpc) is 2.30. The molecule has 0 N–H and O–H groups in total. The first-order valence-corrected chi connectivity index (χ1v) is 6.09. The van der Waals surface area contributed by atoms with Gasteiger partial charge in [0.15, 0.2) is 0 Å². The van der Waals surface area contributed by atoms with Crippen molar-refractivity contribution >= 4 is 5.57 Å². The zero-order chi connectivity index (χ0) is 10.9. The molecule has 1 rings (SSSR count). The molecule has 0 heterocycles. The molecule has 1 aromatic carbocycles. The van der Waals surface area contributed by atoms with Crippen molar-refractivity contribution in [2.24, 2.45) is 0 Å². The smallest absolute Gasteiger partial charge is 0.0228 e. The Morgan fingerprint density at radius 3 is 2.40 bits per heavy atom. The van der Waals surface area contributed by atoms with E-state index in [0.29, 0.717) is 0 Å². The third-order valence-corrected chi connectivity index (χ3v) is 2.79. The van der Waals surface area contributed by atoms with Crippen molar-refractivity contribution in [2.75, 3.05) is 0 Å². The van der Waals surface area contributed by atoms with Gasteiger partial charge in [-0.1, -0.05) is 62.6 Å². The van der Waals surface area contributed by atoms with Crippen molar-refractivity contribution < 1.29 is 0 Å². The predicted octanol–water partition coefficient (Wildman–Crippen LogP) is 5.06. The maximum atomic E-state index is 2.26. The number of hydrogen-bond acceptors (Lipinski definition) is 0. The molecule has 0 saturated carbocycles. The quantitative estimate of drug-likeness (QED) is 0.565. The van der Waals surface area contributed by atoms with Crippen LogP contribution in [0.4, 0.5) is 0 Å². The second kappa shape index (κ2) is 7.28. The van der Waals surface area contributed by atoms with Crippen LogP contribution < -0.4 is 0 Å². The van der Waals surface area contributed by atoms with E-state index in [9.17, 15) is 0 Å². The summed E-state index contributed by atoms with van der Waals surface area (Å²) < 4.78 is 0. The molecule has 0 atom stereocenters. The Balaban J connectivity index is 2.44. The summed E-state index contributed by atoms with van der Waals surface area (Å²) in [6, 6.07) is 10.7. The molecule has 0 amide bonds. The van der Waals surface area contributed by atoms with Gasteiger partial charge in [-0.2, -0.15) is 0 Å². The Labute approximate surface area is 94.0 Å². The first kappa shape index (κ1) is 12.0. The fourth-order valence-corrected chi connectivity index (χ4v) is 1.85. The summed E-state index contributed by atoms with van der Waals surface area (Å²) in [7, 11) is 0. The highest BCUT2D eigenvalue weighted by molar-refractivity contribution is 5.64. The lowest BCUT2D eigenvalue weighted by Gasteiger charge is -2.06. The maximum absolute atomic E-state index is 2.26. The van der Waals surface area contributed by atoms with Crippen molar-refractivity contribution in [2.45, 2.75) is 46.0 Å². The van der Waals surface area contributed by atoms with E-state index in [2.05, 4.69) is 50.3 Å². The Bertz CT molecular complexity index is 282. The van der Waals surface area contributed by atoms with Crippen LogP contribution >= 0.6 is 0 Å². The molecule has 0 saturated heterocycles. The summed E-state index contributed by atoms with van der Waals surface area (Å²) in [5, 5.41) is 0. The van der Waals surface area contributed by atoms with Crippen molar-refractivity contribution in [3.05, 3.63) is 42.0 Å². The largest absolute Gasteiger partial charge is 0.0838 e. The van der Waals surface area contributed by atoms with Crippen molar-refractivity contribution in [1.29, 1.82) is 0 Å². The molecule has 0 aromatic heterocycles. The first-order valence-electron chi connectivity index (χ1n) is 6.09. The van der Waals surface area contributed by atoms with Crippen LogP contribution in [-0.4, -0.2) is 0 Å². The highest BCUT2D eigenvalue weighted by Crippen LogP contribution is 2.20. The summed E-state index contributed by atoms with van der Waals surface area (Å²) in [5.74, 6) is 0. The molecule has 0 heteroatoms. The van der Waals surface area contributed by atoms with Gasteiger partial charge in [0.2, 0.25) is 0 Å². The van der Waals surface area contributed by atoms with E-state index >= 15 is 0 Å². The number of rotatable bonds is 6. The Morgan fingerprint density at radius 2 is 1.80 bits per heavy atom. The molecule has 0 spiro atoms.